The minimum Gasteiger partial charge on any atom is -0.446 e. The Hall–Kier alpha value is -4.16. The number of ether oxygens (including phenoxy) is 1. The number of carbonyl (C=O) groups excluding carboxylic acids is 2. The van der Waals surface area contributed by atoms with Crippen molar-refractivity contribution in [1.82, 2.24) is 19.7 Å². The molecule has 0 atom stereocenters. The van der Waals surface area contributed by atoms with Crippen LogP contribution >= 0.6 is 11.3 Å². The molecule has 3 aromatic rings. The molecule has 1 aliphatic carbocycles. The Balaban J connectivity index is 0.00000124. The largest absolute Gasteiger partial charge is 0.446 e. The van der Waals surface area contributed by atoms with E-state index in [1.54, 1.807) is 47.5 Å². The Morgan fingerprint density at radius 1 is 1.32 bits per heavy atom. The van der Waals surface area contributed by atoms with Crippen molar-refractivity contribution in [1.29, 1.82) is 0 Å². The quantitative estimate of drug-likeness (QED) is 0.250. The molecule has 2 amide bonds. The van der Waals surface area contributed by atoms with Crippen LogP contribution in [0.2, 0.25) is 0 Å². The van der Waals surface area contributed by atoms with E-state index in [-0.39, 0.29) is 18.2 Å². The van der Waals surface area contributed by atoms with Gasteiger partial charge in [0, 0.05) is 43.2 Å². The molecule has 2 aliphatic rings. The summed E-state index contributed by atoms with van der Waals surface area (Å²) < 4.78 is 22.8. The predicted molar refractivity (Wildman–Crippen MR) is 160 cm³/mol. The summed E-state index contributed by atoms with van der Waals surface area (Å²) in [5, 5.41) is 8.50. The molecule has 0 radical (unpaired) electrons. The maximum absolute atomic E-state index is 15.6. The zero-order valence-electron chi connectivity index (χ0n) is 23.4. The molecule has 0 saturated carbocycles. The highest BCUT2D eigenvalue weighted by Gasteiger charge is 2.30. The van der Waals surface area contributed by atoms with Gasteiger partial charge in [-0.05, 0) is 57.9 Å². The van der Waals surface area contributed by atoms with Crippen molar-refractivity contribution in [3.8, 4) is 16.3 Å². The summed E-state index contributed by atoms with van der Waals surface area (Å²) in [7, 11) is 3.75. The van der Waals surface area contributed by atoms with E-state index in [1.165, 1.54) is 6.07 Å². The first-order chi connectivity index (χ1) is 19.8. The van der Waals surface area contributed by atoms with Crippen molar-refractivity contribution in [3.05, 3.63) is 64.7 Å². The van der Waals surface area contributed by atoms with Gasteiger partial charge in [0.1, 0.15) is 11.8 Å². The van der Waals surface area contributed by atoms with E-state index in [0.29, 0.717) is 5.69 Å². The molecule has 0 unspecified atom stereocenters. The van der Waals surface area contributed by atoms with Gasteiger partial charge in [-0.25, -0.2) is 18.9 Å². The highest BCUT2D eigenvalue weighted by atomic mass is 32.1. The van der Waals surface area contributed by atoms with Crippen LogP contribution in [0.1, 0.15) is 34.8 Å². The lowest BCUT2D eigenvalue weighted by Gasteiger charge is -2.28. The zero-order valence-corrected chi connectivity index (χ0v) is 24.2. The van der Waals surface area contributed by atoms with E-state index < -0.39 is 11.9 Å². The highest BCUT2D eigenvalue weighted by molar-refractivity contribution is 7.15. The number of fused-ring (bicyclic) bond motifs is 3. The topological polar surface area (TPSA) is 128 Å². The summed E-state index contributed by atoms with van der Waals surface area (Å²) in [4.78, 5) is 33.1. The molecule has 1 aliphatic heterocycles. The van der Waals surface area contributed by atoms with Crippen LogP contribution < -0.4 is 11.1 Å². The van der Waals surface area contributed by atoms with Crippen molar-refractivity contribution in [3.63, 3.8) is 0 Å². The molecular weight excluding hydrogens is 545 g/mol. The average molecular weight is 580 g/mol. The molecular formula is C29H34FN7O3S. The number of halogens is 1. The number of anilines is 1. The molecule has 2 aromatic heterocycles. The number of hydrogen-bond donors (Lipinski definition) is 2. The van der Waals surface area contributed by atoms with Gasteiger partial charge in [0.15, 0.2) is 5.82 Å². The van der Waals surface area contributed by atoms with E-state index in [2.05, 4.69) is 27.5 Å². The van der Waals surface area contributed by atoms with Gasteiger partial charge in [0.05, 0.1) is 27.0 Å². The van der Waals surface area contributed by atoms with E-state index >= 15 is 4.39 Å². The van der Waals surface area contributed by atoms with Crippen LogP contribution in [-0.2, 0) is 22.4 Å². The van der Waals surface area contributed by atoms with Gasteiger partial charge in [-0.2, -0.15) is 5.10 Å². The van der Waals surface area contributed by atoms with Crippen LogP contribution in [0, 0.1) is 12.7 Å². The minimum atomic E-state index is -0.576. The molecule has 3 heterocycles. The van der Waals surface area contributed by atoms with Crippen molar-refractivity contribution >= 4 is 41.3 Å². The third-order valence-corrected chi connectivity index (χ3v) is 7.84. The normalized spacial score (nSPS) is 15.5. The molecule has 12 heteroatoms. The summed E-state index contributed by atoms with van der Waals surface area (Å²) >= 11 is 1.58. The van der Waals surface area contributed by atoms with Crippen LogP contribution in [-0.4, -0.2) is 71.7 Å². The number of nitrogens with two attached hydrogens (primary N) is 1. The summed E-state index contributed by atoms with van der Waals surface area (Å²) in [6.45, 7) is 7.56. The number of aryl methyl sites for hydroxylation is 2. The molecule has 216 valence electrons. The van der Waals surface area contributed by atoms with E-state index in [9.17, 15) is 4.79 Å². The maximum Gasteiger partial charge on any atom is 0.411 e. The molecule has 41 heavy (non-hydrogen) atoms. The Morgan fingerprint density at radius 2 is 2.05 bits per heavy atom. The molecule has 10 nitrogen and oxygen atoms in total. The van der Waals surface area contributed by atoms with Crippen LogP contribution in [0.3, 0.4) is 0 Å². The second-order valence-corrected chi connectivity index (χ2v) is 10.9. The van der Waals surface area contributed by atoms with Crippen molar-refractivity contribution in [2.75, 3.05) is 32.5 Å². The number of likely N-dealkylation sites (tertiary alicyclic amines) is 1. The number of rotatable bonds is 6. The molecule has 0 spiro atoms. The summed E-state index contributed by atoms with van der Waals surface area (Å²) in [5.41, 5.74) is 9.19. The third-order valence-electron chi connectivity index (χ3n) is 6.82. The number of aliphatic imine (C=N–C) groups is 1. The summed E-state index contributed by atoms with van der Waals surface area (Å²) in [5.74, 6) is -0.509. The van der Waals surface area contributed by atoms with Crippen molar-refractivity contribution < 1.29 is 18.7 Å². The summed E-state index contributed by atoms with van der Waals surface area (Å²) in [6.07, 6.45) is 7.92. The second-order valence-electron chi connectivity index (χ2n) is 9.68. The lowest BCUT2D eigenvalue weighted by molar-refractivity contribution is -0.106. The van der Waals surface area contributed by atoms with Crippen LogP contribution in [0.5, 0.6) is 0 Å². The molecule has 1 saturated heterocycles. The molecule has 1 aromatic carbocycles. The number of allylic oxidation sites excluding steroid dienone is 3. The number of nitrogens with zero attached hydrogens (tertiary/aromatic N) is 5. The van der Waals surface area contributed by atoms with Gasteiger partial charge in [0.25, 0.3) is 0 Å². The molecule has 0 bridgehead atoms. The van der Waals surface area contributed by atoms with E-state index in [1.807, 2.05) is 20.0 Å². The van der Waals surface area contributed by atoms with Gasteiger partial charge >= 0.3 is 6.09 Å². The first-order valence-corrected chi connectivity index (χ1v) is 14.1. The first kappa shape index (κ1) is 29.8. The third kappa shape index (κ3) is 6.77. The van der Waals surface area contributed by atoms with Crippen molar-refractivity contribution in [2.45, 2.75) is 38.7 Å². The van der Waals surface area contributed by atoms with Gasteiger partial charge in [0.2, 0.25) is 6.41 Å². The Labute approximate surface area is 242 Å². The minimum absolute atomic E-state index is 0.133. The van der Waals surface area contributed by atoms with Crippen LogP contribution in [0.4, 0.5) is 14.9 Å². The fourth-order valence-corrected chi connectivity index (χ4v) is 6.02. The van der Waals surface area contributed by atoms with E-state index in [4.69, 9.17) is 19.6 Å². The van der Waals surface area contributed by atoms with Gasteiger partial charge in [-0.15, -0.1) is 11.3 Å². The fraction of sp³-hybridized carbons (Fsp3) is 0.345. The lowest BCUT2D eigenvalue weighted by Crippen LogP contribution is -2.36. The van der Waals surface area contributed by atoms with Crippen molar-refractivity contribution in [2.24, 2.45) is 10.7 Å². The smallest absolute Gasteiger partial charge is 0.411 e. The SMILES string of the molecule is C=C/C=C(\C=NC)c1nn(-c2ccc(NC(=O)OC3CCN(C)CC3)cc2F)c2c1CCc1nc(C)sc1-2.NC=O. The zero-order chi connectivity index (χ0) is 29.5. The number of amides is 2. The second kappa shape index (κ2) is 13.5. The number of primary amides is 1. The monoisotopic (exact) mass is 579 g/mol. The van der Waals surface area contributed by atoms with Gasteiger partial charge in [-0.1, -0.05) is 18.7 Å². The first-order valence-electron chi connectivity index (χ1n) is 13.2. The van der Waals surface area contributed by atoms with Gasteiger partial charge in [-0.3, -0.25) is 15.1 Å². The number of thiazole rings is 1. The van der Waals surface area contributed by atoms with Gasteiger partial charge < -0.3 is 15.4 Å². The number of benzene rings is 1. The lowest BCUT2D eigenvalue weighted by atomic mass is 9.95. The van der Waals surface area contributed by atoms with Crippen LogP contribution in [0.25, 0.3) is 21.8 Å². The average Bonchev–Trinajstić information content (AvgIpc) is 3.50. The Kier molecular flexibility index (Phi) is 9.79. The Bertz CT molecular complexity index is 1490. The number of carbonyl (C=O) groups is 2. The standard InChI is InChI=1S/C28H31FN6O2S.CH3NO/c1-5-6-18(16-30-3)25-21-8-9-23-27(38-17(2)31-23)26(21)35(33-25)24-10-7-19(15-22(24)29)32-28(36)37-20-11-13-34(4)14-12-20;2-1-3/h5-7,10,15-16,20H,1,8-9,11-14H2,2-4H3,(H,32,36);1H,(H2,2,3)/b18-6+,30-16?;. The molecule has 5 rings (SSSR count). The fourth-order valence-electron chi connectivity index (χ4n) is 5.00. The number of nitrogens with one attached hydrogen (secondary N) is 1. The predicted octanol–water partition coefficient (Wildman–Crippen LogP) is 4.56. The Morgan fingerprint density at radius 3 is 2.71 bits per heavy atom. The highest BCUT2D eigenvalue weighted by Crippen LogP contribution is 2.42. The number of aromatic nitrogens is 3. The molecule has 1 fully saturated rings. The number of piperidine rings is 1. The van der Waals surface area contributed by atoms with Crippen LogP contribution in [0.15, 0.2) is 41.9 Å². The van der Waals surface area contributed by atoms with E-state index in [0.717, 1.165) is 76.9 Å². The molecule has 3 N–H and O–H groups in total. The number of hydrogen-bond acceptors (Lipinski definition) is 8. The summed E-state index contributed by atoms with van der Waals surface area (Å²) in [6, 6.07) is 4.59. The maximum atomic E-state index is 15.6.